The van der Waals surface area contributed by atoms with Gasteiger partial charge in [0, 0.05) is 37.7 Å². The molecule has 0 spiro atoms. The van der Waals surface area contributed by atoms with Crippen LogP contribution in [0.1, 0.15) is 6.42 Å². The zero-order valence-corrected chi connectivity index (χ0v) is 10.9. The van der Waals surface area contributed by atoms with Gasteiger partial charge in [0.2, 0.25) is 0 Å². The second-order valence-electron chi connectivity index (χ2n) is 3.94. The van der Waals surface area contributed by atoms with Crippen LogP contribution >= 0.6 is 15.9 Å². The summed E-state index contributed by atoms with van der Waals surface area (Å²) in [5, 5.41) is 1.06. The molecule has 0 atom stereocenters. The van der Waals surface area contributed by atoms with Crippen molar-refractivity contribution in [3.63, 3.8) is 0 Å². The summed E-state index contributed by atoms with van der Waals surface area (Å²) in [6.45, 7) is 5.60. The van der Waals surface area contributed by atoms with Crippen molar-refractivity contribution >= 4 is 21.7 Å². The van der Waals surface area contributed by atoms with Gasteiger partial charge in [-0.15, -0.1) is 0 Å². The molecule has 1 aliphatic rings. The Kier molecular flexibility index (Phi) is 4.54. The number of aromatic nitrogens is 2. The second-order valence-corrected chi connectivity index (χ2v) is 4.73. The number of nitrogens with zero attached hydrogens (tertiary/aromatic N) is 4. The molecule has 0 saturated carbocycles. The molecule has 16 heavy (non-hydrogen) atoms. The Morgan fingerprint density at radius 2 is 2.19 bits per heavy atom. The molecule has 1 aliphatic heterocycles. The van der Waals surface area contributed by atoms with Crippen molar-refractivity contribution in [2.45, 2.75) is 6.42 Å². The third kappa shape index (κ3) is 3.15. The predicted octanol–water partition coefficient (Wildman–Crippen LogP) is 1.38. The first-order valence-electron chi connectivity index (χ1n) is 5.69. The van der Waals surface area contributed by atoms with Crippen LogP contribution in [-0.2, 0) is 0 Å². The summed E-state index contributed by atoms with van der Waals surface area (Å²) in [6.07, 6.45) is 4.64. The van der Waals surface area contributed by atoms with Crippen LogP contribution in [0.4, 0.5) is 5.82 Å². The van der Waals surface area contributed by atoms with Crippen LogP contribution in [0.3, 0.4) is 0 Å². The van der Waals surface area contributed by atoms with Gasteiger partial charge in [-0.25, -0.2) is 9.97 Å². The molecule has 4 nitrogen and oxygen atoms in total. The molecule has 0 amide bonds. The predicted molar refractivity (Wildman–Crippen MR) is 69.1 cm³/mol. The van der Waals surface area contributed by atoms with E-state index in [2.05, 4.69) is 35.7 Å². The van der Waals surface area contributed by atoms with E-state index in [0.717, 1.165) is 37.3 Å². The molecule has 0 unspecified atom stereocenters. The summed E-state index contributed by atoms with van der Waals surface area (Å²) in [7, 11) is 0. The highest BCUT2D eigenvalue weighted by atomic mass is 79.9. The lowest BCUT2D eigenvalue weighted by atomic mass is 10.4. The van der Waals surface area contributed by atoms with Crippen LogP contribution in [0.2, 0.25) is 0 Å². The van der Waals surface area contributed by atoms with Crippen LogP contribution < -0.4 is 4.90 Å². The minimum Gasteiger partial charge on any atom is -0.355 e. The highest BCUT2D eigenvalue weighted by Crippen LogP contribution is 2.12. The smallest absolute Gasteiger partial charge is 0.131 e. The Bertz CT molecular complexity index is 306. The SMILES string of the molecule is BrCCN1CCCN(c2ccncn2)CC1. The zero-order valence-electron chi connectivity index (χ0n) is 9.35. The molecule has 1 aromatic heterocycles. The van der Waals surface area contributed by atoms with E-state index < -0.39 is 0 Å². The third-order valence-electron chi connectivity index (χ3n) is 2.88. The van der Waals surface area contributed by atoms with Gasteiger partial charge >= 0.3 is 0 Å². The van der Waals surface area contributed by atoms with Crippen LogP contribution in [0, 0.1) is 0 Å². The standard InChI is InChI=1S/C11H17BrN4/c12-3-7-15-5-1-6-16(9-8-15)11-2-4-13-10-14-11/h2,4,10H,1,3,5-9H2. The Hall–Kier alpha value is -0.680. The molecular formula is C11H17BrN4. The van der Waals surface area contributed by atoms with Gasteiger partial charge in [0.15, 0.2) is 0 Å². The molecule has 5 heteroatoms. The molecular weight excluding hydrogens is 268 g/mol. The number of hydrogen-bond donors (Lipinski definition) is 0. The maximum Gasteiger partial charge on any atom is 0.131 e. The Morgan fingerprint density at radius 1 is 1.25 bits per heavy atom. The number of rotatable bonds is 3. The lowest BCUT2D eigenvalue weighted by molar-refractivity contribution is 0.313. The van der Waals surface area contributed by atoms with Crippen molar-refractivity contribution in [3.05, 3.63) is 18.6 Å². The molecule has 0 bridgehead atoms. The van der Waals surface area contributed by atoms with E-state index in [1.807, 2.05) is 12.3 Å². The first-order chi connectivity index (χ1) is 7.90. The van der Waals surface area contributed by atoms with Crippen molar-refractivity contribution in [2.24, 2.45) is 0 Å². The Balaban J connectivity index is 1.94. The largest absolute Gasteiger partial charge is 0.355 e. The monoisotopic (exact) mass is 284 g/mol. The van der Waals surface area contributed by atoms with E-state index in [1.165, 1.54) is 13.0 Å². The maximum absolute atomic E-state index is 4.30. The highest BCUT2D eigenvalue weighted by molar-refractivity contribution is 9.09. The first-order valence-corrected chi connectivity index (χ1v) is 6.81. The fourth-order valence-corrected chi connectivity index (χ4v) is 2.52. The topological polar surface area (TPSA) is 32.3 Å². The second kappa shape index (κ2) is 6.15. The normalized spacial score (nSPS) is 18.4. The summed E-state index contributed by atoms with van der Waals surface area (Å²) in [5.74, 6) is 1.05. The molecule has 0 N–H and O–H groups in total. The van der Waals surface area contributed by atoms with E-state index in [4.69, 9.17) is 0 Å². The highest BCUT2D eigenvalue weighted by Gasteiger charge is 2.14. The third-order valence-corrected chi connectivity index (χ3v) is 3.23. The van der Waals surface area contributed by atoms with Gasteiger partial charge in [-0.3, -0.25) is 0 Å². The van der Waals surface area contributed by atoms with Gasteiger partial charge in [0.05, 0.1) is 0 Å². The molecule has 0 radical (unpaired) electrons. The van der Waals surface area contributed by atoms with Crippen molar-refractivity contribution in [2.75, 3.05) is 43.0 Å². The van der Waals surface area contributed by atoms with Crippen molar-refractivity contribution < 1.29 is 0 Å². The molecule has 0 aromatic carbocycles. The average Bonchev–Trinajstić information content (AvgIpc) is 2.57. The molecule has 1 saturated heterocycles. The molecule has 2 heterocycles. The van der Waals surface area contributed by atoms with Crippen LogP contribution in [0.25, 0.3) is 0 Å². The van der Waals surface area contributed by atoms with Gasteiger partial charge in [0.1, 0.15) is 12.1 Å². The summed E-state index contributed by atoms with van der Waals surface area (Å²) in [6, 6.07) is 1.99. The van der Waals surface area contributed by atoms with E-state index >= 15 is 0 Å². The van der Waals surface area contributed by atoms with E-state index in [1.54, 1.807) is 6.33 Å². The number of halogens is 1. The van der Waals surface area contributed by atoms with Crippen LogP contribution in [-0.4, -0.2) is 52.9 Å². The maximum atomic E-state index is 4.30. The van der Waals surface area contributed by atoms with Crippen molar-refractivity contribution in [1.82, 2.24) is 14.9 Å². The Labute approximate surface area is 105 Å². The van der Waals surface area contributed by atoms with Crippen LogP contribution in [0.15, 0.2) is 18.6 Å². The van der Waals surface area contributed by atoms with Crippen molar-refractivity contribution in [1.29, 1.82) is 0 Å². The van der Waals surface area contributed by atoms with Gasteiger partial charge in [-0.1, -0.05) is 15.9 Å². The van der Waals surface area contributed by atoms with E-state index in [9.17, 15) is 0 Å². The number of alkyl halides is 1. The summed E-state index contributed by atoms with van der Waals surface area (Å²) in [4.78, 5) is 13.1. The molecule has 1 fully saturated rings. The van der Waals surface area contributed by atoms with Gasteiger partial charge in [-0.05, 0) is 19.0 Å². The number of anilines is 1. The van der Waals surface area contributed by atoms with Gasteiger partial charge in [-0.2, -0.15) is 0 Å². The Morgan fingerprint density at radius 3 is 2.94 bits per heavy atom. The molecule has 1 aromatic rings. The van der Waals surface area contributed by atoms with E-state index in [0.29, 0.717) is 0 Å². The molecule has 2 rings (SSSR count). The number of hydrogen-bond acceptors (Lipinski definition) is 4. The minimum absolute atomic E-state index is 1.05. The minimum atomic E-state index is 1.05. The average molecular weight is 285 g/mol. The molecule has 88 valence electrons. The molecule has 0 aliphatic carbocycles. The lowest BCUT2D eigenvalue weighted by Gasteiger charge is -2.21. The lowest BCUT2D eigenvalue weighted by Crippen LogP contribution is -2.32. The van der Waals surface area contributed by atoms with Crippen LogP contribution in [0.5, 0.6) is 0 Å². The fourth-order valence-electron chi connectivity index (χ4n) is 2.01. The van der Waals surface area contributed by atoms with E-state index in [-0.39, 0.29) is 0 Å². The summed E-state index contributed by atoms with van der Waals surface area (Å²) >= 11 is 3.49. The quantitative estimate of drug-likeness (QED) is 0.786. The van der Waals surface area contributed by atoms with Crippen molar-refractivity contribution in [3.8, 4) is 0 Å². The van der Waals surface area contributed by atoms with Gasteiger partial charge in [0.25, 0.3) is 0 Å². The first kappa shape index (κ1) is 11.8. The summed E-state index contributed by atoms with van der Waals surface area (Å²) in [5.41, 5.74) is 0. The fraction of sp³-hybridized carbons (Fsp3) is 0.636. The zero-order chi connectivity index (χ0) is 11.2. The van der Waals surface area contributed by atoms with Gasteiger partial charge < -0.3 is 9.80 Å². The summed E-state index contributed by atoms with van der Waals surface area (Å²) < 4.78 is 0.